The van der Waals surface area contributed by atoms with Crippen molar-refractivity contribution in [2.24, 2.45) is 5.92 Å². The van der Waals surface area contributed by atoms with Gasteiger partial charge in [0.25, 0.3) is 0 Å². The van der Waals surface area contributed by atoms with Crippen molar-refractivity contribution < 1.29 is 18.0 Å². The molecule has 0 aliphatic carbocycles. The Morgan fingerprint density at radius 3 is 2.31 bits per heavy atom. The van der Waals surface area contributed by atoms with Gasteiger partial charge in [0.2, 0.25) is 21.8 Å². The van der Waals surface area contributed by atoms with Gasteiger partial charge in [0, 0.05) is 37.6 Å². The van der Waals surface area contributed by atoms with E-state index in [4.69, 9.17) is 0 Å². The van der Waals surface area contributed by atoms with Crippen LogP contribution in [-0.2, 0) is 26.0 Å². The maximum Gasteiger partial charge on any atom is 0.247 e. The minimum absolute atomic E-state index is 0.0765. The highest BCUT2D eigenvalue weighted by Crippen LogP contribution is 2.24. The first-order valence-corrected chi connectivity index (χ1v) is 13.0. The Labute approximate surface area is 205 Å². The molecule has 1 aromatic heterocycles. The Balaban J connectivity index is 1.48. The highest BCUT2D eigenvalue weighted by atomic mass is 32.2. The quantitative estimate of drug-likeness (QED) is 0.503. The molecule has 2 N–H and O–H groups in total. The van der Waals surface area contributed by atoms with Crippen LogP contribution in [0.5, 0.6) is 0 Å². The van der Waals surface area contributed by atoms with Crippen LogP contribution in [-0.4, -0.2) is 48.7 Å². The number of pyridine rings is 1. The van der Waals surface area contributed by atoms with Gasteiger partial charge in [0.1, 0.15) is 6.04 Å². The van der Waals surface area contributed by atoms with E-state index in [9.17, 15) is 18.0 Å². The third-order valence-corrected chi connectivity index (χ3v) is 7.88. The standard InChI is InChI=1S/C26H28N4O4S/c31-25(21-10-7-17-30(19-21)35(33,34)23-11-5-2-6-12-23)29-24(18-20-8-3-1-4-9-20)26(32)28-22-13-15-27-16-14-22/h1-6,8-9,11-16,21,24H,7,10,17-19H2,(H,29,31)(H,27,28,32)/t21-,24+/m1/s1. The first-order chi connectivity index (χ1) is 16.9. The molecule has 0 bridgehead atoms. The lowest BCUT2D eigenvalue weighted by Gasteiger charge is -2.32. The van der Waals surface area contributed by atoms with Crippen molar-refractivity contribution >= 4 is 27.5 Å². The van der Waals surface area contributed by atoms with Gasteiger partial charge in [0.05, 0.1) is 10.8 Å². The molecule has 1 aliphatic heterocycles. The minimum atomic E-state index is -3.69. The van der Waals surface area contributed by atoms with Gasteiger partial charge >= 0.3 is 0 Å². The van der Waals surface area contributed by atoms with Gasteiger partial charge in [-0.2, -0.15) is 4.31 Å². The van der Waals surface area contributed by atoms with Crippen LogP contribution in [0.3, 0.4) is 0 Å². The third kappa shape index (κ3) is 6.32. The average molecular weight is 493 g/mol. The monoisotopic (exact) mass is 492 g/mol. The molecule has 2 aromatic carbocycles. The highest BCUT2D eigenvalue weighted by molar-refractivity contribution is 7.89. The maximum absolute atomic E-state index is 13.2. The second kappa shape index (κ2) is 11.2. The predicted molar refractivity (Wildman–Crippen MR) is 133 cm³/mol. The number of piperidine rings is 1. The fourth-order valence-corrected chi connectivity index (χ4v) is 5.67. The zero-order chi connectivity index (χ0) is 24.7. The van der Waals surface area contributed by atoms with Crippen molar-refractivity contribution in [2.45, 2.75) is 30.2 Å². The molecule has 1 aliphatic rings. The second-order valence-electron chi connectivity index (χ2n) is 8.49. The van der Waals surface area contributed by atoms with E-state index >= 15 is 0 Å². The SMILES string of the molecule is O=C(N[C@@H](Cc1ccccc1)C(=O)Nc1ccncc1)[C@@H]1CCCN(S(=O)(=O)c2ccccc2)C1. The molecule has 0 unspecified atom stereocenters. The van der Waals surface area contributed by atoms with Gasteiger partial charge in [0.15, 0.2) is 0 Å². The molecule has 4 rings (SSSR count). The van der Waals surface area contributed by atoms with Gasteiger partial charge in [-0.3, -0.25) is 14.6 Å². The Morgan fingerprint density at radius 1 is 0.971 bits per heavy atom. The van der Waals surface area contributed by atoms with E-state index in [1.165, 1.54) is 4.31 Å². The Morgan fingerprint density at radius 2 is 1.63 bits per heavy atom. The summed E-state index contributed by atoms with van der Waals surface area (Å²) in [6.07, 6.45) is 4.57. The molecule has 182 valence electrons. The number of carbonyl (C=O) groups excluding carboxylic acids is 2. The first kappa shape index (κ1) is 24.6. The lowest BCUT2D eigenvalue weighted by atomic mass is 9.97. The predicted octanol–water partition coefficient (Wildman–Crippen LogP) is 2.85. The van der Waals surface area contributed by atoms with Crippen LogP contribution in [0, 0.1) is 5.92 Å². The zero-order valence-electron chi connectivity index (χ0n) is 19.2. The topological polar surface area (TPSA) is 108 Å². The number of nitrogens with one attached hydrogen (secondary N) is 2. The van der Waals surface area contributed by atoms with Crippen LogP contribution in [0.1, 0.15) is 18.4 Å². The molecule has 1 saturated heterocycles. The molecule has 2 atom stereocenters. The Kier molecular flexibility index (Phi) is 7.89. The first-order valence-electron chi connectivity index (χ1n) is 11.5. The molecular formula is C26H28N4O4S. The van der Waals surface area contributed by atoms with Gasteiger partial charge < -0.3 is 10.6 Å². The maximum atomic E-state index is 13.2. The molecule has 0 radical (unpaired) electrons. The molecule has 0 saturated carbocycles. The number of amides is 2. The molecule has 2 heterocycles. The molecule has 2 amide bonds. The van der Waals surface area contributed by atoms with Crippen LogP contribution in [0.25, 0.3) is 0 Å². The summed E-state index contributed by atoms with van der Waals surface area (Å²) in [6, 6.07) is 20.2. The number of sulfonamides is 1. The van der Waals surface area contributed by atoms with Crippen molar-refractivity contribution in [3.63, 3.8) is 0 Å². The Bertz CT molecular complexity index is 1240. The van der Waals surface area contributed by atoms with E-state index in [1.54, 1.807) is 54.9 Å². The van der Waals surface area contributed by atoms with Crippen LogP contribution in [0.4, 0.5) is 5.69 Å². The molecular weight excluding hydrogens is 464 g/mol. The van der Waals surface area contributed by atoms with E-state index in [0.717, 1.165) is 5.56 Å². The van der Waals surface area contributed by atoms with E-state index in [2.05, 4.69) is 15.6 Å². The van der Waals surface area contributed by atoms with Crippen molar-refractivity contribution in [3.8, 4) is 0 Å². The molecule has 8 nitrogen and oxygen atoms in total. The summed E-state index contributed by atoms with van der Waals surface area (Å²) in [5.74, 6) is -1.23. The lowest BCUT2D eigenvalue weighted by Crippen LogP contribution is -2.51. The summed E-state index contributed by atoms with van der Waals surface area (Å²) in [5, 5.41) is 5.70. The number of hydrogen-bond donors (Lipinski definition) is 2. The number of anilines is 1. The zero-order valence-corrected chi connectivity index (χ0v) is 20.0. The van der Waals surface area contributed by atoms with Crippen molar-refractivity contribution in [2.75, 3.05) is 18.4 Å². The van der Waals surface area contributed by atoms with Crippen molar-refractivity contribution in [3.05, 3.63) is 90.8 Å². The summed E-state index contributed by atoms with van der Waals surface area (Å²) in [4.78, 5) is 30.5. The van der Waals surface area contributed by atoms with E-state index in [-0.39, 0.29) is 23.3 Å². The smallest absolute Gasteiger partial charge is 0.247 e. The van der Waals surface area contributed by atoms with Crippen molar-refractivity contribution in [1.29, 1.82) is 0 Å². The highest BCUT2D eigenvalue weighted by Gasteiger charge is 2.34. The number of carbonyl (C=O) groups is 2. The summed E-state index contributed by atoms with van der Waals surface area (Å²) in [7, 11) is -3.69. The fourth-order valence-electron chi connectivity index (χ4n) is 4.13. The molecule has 1 fully saturated rings. The number of benzene rings is 2. The van der Waals surface area contributed by atoms with Gasteiger partial charge in [-0.05, 0) is 42.7 Å². The van der Waals surface area contributed by atoms with E-state index < -0.39 is 22.0 Å². The van der Waals surface area contributed by atoms with Crippen LogP contribution in [0.2, 0.25) is 0 Å². The van der Waals surface area contributed by atoms with Crippen LogP contribution in [0.15, 0.2) is 90.1 Å². The minimum Gasteiger partial charge on any atom is -0.344 e. The van der Waals surface area contributed by atoms with Crippen molar-refractivity contribution in [1.82, 2.24) is 14.6 Å². The van der Waals surface area contributed by atoms with Crippen LogP contribution < -0.4 is 10.6 Å². The van der Waals surface area contributed by atoms with Gasteiger partial charge in [-0.25, -0.2) is 8.42 Å². The second-order valence-corrected chi connectivity index (χ2v) is 10.4. The summed E-state index contributed by atoms with van der Waals surface area (Å²) >= 11 is 0. The summed E-state index contributed by atoms with van der Waals surface area (Å²) < 4.78 is 27.5. The summed E-state index contributed by atoms with van der Waals surface area (Å²) in [6.45, 7) is 0.435. The molecule has 9 heteroatoms. The van der Waals surface area contributed by atoms with E-state index in [1.807, 2.05) is 30.3 Å². The number of aromatic nitrogens is 1. The summed E-state index contributed by atoms with van der Waals surface area (Å²) in [5.41, 5.74) is 1.48. The van der Waals surface area contributed by atoms with E-state index in [0.29, 0.717) is 31.5 Å². The molecule has 3 aromatic rings. The largest absolute Gasteiger partial charge is 0.344 e. The number of nitrogens with zero attached hydrogens (tertiary/aromatic N) is 2. The lowest BCUT2D eigenvalue weighted by molar-refractivity contribution is -0.130. The van der Waals surface area contributed by atoms with Gasteiger partial charge in [-0.1, -0.05) is 48.5 Å². The number of rotatable bonds is 8. The Hall–Kier alpha value is -3.56. The average Bonchev–Trinajstić information content (AvgIpc) is 2.90. The molecule has 35 heavy (non-hydrogen) atoms. The normalized spacial score (nSPS) is 17.3. The van der Waals surface area contributed by atoms with Gasteiger partial charge in [-0.15, -0.1) is 0 Å². The third-order valence-electron chi connectivity index (χ3n) is 6.00. The fraction of sp³-hybridized carbons (Fsp3) is 0.269. The van der Waals surface area contributed by atoms with Crippen LogP contribution >= 0.6 is 0 Å². The molecule has 0 spiro atoms. The number of hydrogen-bond acceptors (Lipinski definition) is 5.